The van der Waals surface area contributed by atoms with E-state index >= 15 is 0 Å². The third kappa shape index (κ3) is 7.01. The highest BCUT2D eigenvalue weighted by Crippen LogP contribution is 2.15. The van der Waals surface area contributed by atoms with Gasteiger partial charge in [0.05, 0.1) is 13.2 Å². The summed E-state index contributed by atoms with van der Waals surface area (Å²) in [6.45, 7) is 2.74. The normalized spacial score (nSPS) is 10.2. The quantitative estimate of drug-likeness (QED) is 0.712. The molecular formula is C21H27N3O3. The van der Waals surface area contributed by atoms with Gasteiger partial charge in [-0.1, -0.05) is 12.1 Å². The van der Waals surface area contributed by atoms with Gasteiger partial charge < -0.3 is 20.3 Å². The first-order valence-electron chi connectivity index (χ1n) is 9.03. The Morgan fingerprint density at radius 1 is 0.963 bits per heavy atom. The highest BCUT2D eigenvalue weighted by atomic mass is 16.5. The number of anilines is 2. The molecule has 0 fully saturated rings. The minimum Gasteiger partial charge on any atom is -0.494 e. The molecule has 0 saturated carbocycles. The molecule has 0 atom stereocenters. The lowest BCUT2D eigenvalue weighted by Gasteiger charge is -2.11. The molecule has 0 aliphatic rings. The van der Waals surface area contributed by atoms with E-state index in [0.29, 0.717) is 19.4 Å². The van der Waals surface area contributed by atoms with E-state index in [1.807, 2.05) is 55.5 Å². The molecule has 27 heavy (non-hydrogen) atoms. The molecule has 2 N–H and O–H groups in total. The molecule has 2 rings (SSSR count). The highest BCUT2D eigenvalue weighted by molar-refractivity contribution is 5.93. The average molecular weight is 369 g/mol. The van der Waals surface area contributed by atoms with Crippen LogP contribution in [0.15, 0.2) is 48.5 Å². The zero-order valence-electron chi connectivity index (χ0n) is 16.1. The number of aryl methyl sites for hydroxylation is 1. The zero-order chi connectivity index (χ0) is 19.6. The molecule has 0 aliphatic heterocycles. The Kier molecular flexibility index (Phi) is 7.67. The van der Waals surface area contributed by atoms with Gasteiger partial charge in [0.15, 0.2) is 0 Å². The van der Waals surface area contributed by atoms with Crippen LogP contribution in [0.3, 0.4) is 0 Å². The fourth-order valence-electron chi connectivity index (χ4n) is 2.45. The Morgan fingerprint density at radius 2 is 1.59 bits per heavy atom. The number of benzene rings is 2. The fraction of sp³-hybridized carbons (Fsp3) is 0.333. The predicted molar refractivity (Wildman–Crippen MR) is 108 cm³/mol. The standard InChI is InChI=1S/C21H27N3O3/c1-4-27-19-12-10-17(11-13-19)22-15-20(25)23-18-8-5-16(6-9-18)7-14-21(26)24(2)3/h5-6,8-13,22H,4,7,14-15H2,1-3H3,(H,23,25). The van der Waals surface area contributed by atoms with Gasteiger partial charge in [0.25, 0.3) is 0 Å². The summed E-state index contributed by atoms with van der Waals surface area (Å²) in [6, 6.07) is 15.0. The Hall–Kier alpha value is -3.02. The van der Waals surface area contributed by atoms with Gasteiger partial charge in [-0.15, -0.1) is 0 Å². The van der Waals surface area contributed by atoms with Crippen molar-refractivity contribution in [1.29, 1.82) is 0 Å². The lowest BCUT2D eigenvalue weighted by Crippen LogP contribution is -2.22. The fourth-order valence-corrected chi connectivity index (χ4v) is 2.45. The van der Waals surface area contributed by atoms with Gasteiger partial charge >= 0.3 is 0 Å². The summed E-state index contributed by atoms with van der Waals surface area (Å²) in [6.07, 6.45) is 1.16. The lowest BCUT2D eigenvalue weighted by molar-refractivity contribution is -0.128. The van der Waals surface area contributed by atoms with E-state index in [-0.39, 0.29) is 18.4 Å². The number of hydrogen-bond donors (Lipinski definition) is 2. The Labute approximate surface area is 160 Å². The number of carbonyl (C=O) groups excluding carboxylic acids is 2. The summed E-state index contributed by atoms with van der Waals surface area (Å²) >= 11 is 0. The van der Waals surface area contributed by atoms with E-state index in [1.54, 1.807) is 19.0 Å². The maximum atomic E-state index is 12.1. The van der Waals surface area contributed by atoms with Crippen molar-refractivity contribution in [3.63, 3.8) is 0 Å². The summed E-state index contributed by atoms with van der Waals surface area (Å²) in [4.78, 5) is 25.3. The van der Waals surface area contributed by atoms with Crippen LogP contribution in [0.25, 0.3) is 0 Å². The van der Waals surface area contributed by atoms with Gasteiger partial charge in [0.2, 0.25) is 11.8 Å². The van der Waals surface area contributed by atoms with Crippen molar-refractivity contribution in [2.75, 3.05) is 37.9 Å². The number of ether oxygens (including phenoxy) is 1. The van der Waals surface area contributed by atoms with E-state index in [2.05, 4.69) is 10.6 Å². The molecule has 2 amide bonds. The predicted octanol–water partition coefficient (Wildman–Crippen LogP) is 3.16. The molecule has 2 aromatic carbocycles. The number of carbonyl (C=O) groups is 2. The largest absolute Gasteiger partial charge is 0.494 e. The van der Waals surface area contributed by atoms with Crippen LogP contribution in [0.2, 0.25) is 0 Å². The molecule has 0 bridgehead atoms. The minimum absolute atomic E-state index is 0.104. The molecule has 0 aromatic heterocycles. The molecule has 0 heterocycles. The monoisotopic (exact) mass is 369 g/mol. The number of nitrogens with one attached hydrogen (secondary N) is 2. The van der Waals surface area contributed by atoms with Crippen LogP contribution in [0.1, 0.15) is 18.9 Å². The van der Waals surface area contributed by atoms with E-state index < -0.39 is 0 Å². The molecule has 6 nitrogen and oxygen atoms in total. The molecule has 0 saturated heterocycles. The molecule has 0 spiro atoms. The third-order valence-corrected chi connectivity index (χ3v) is 3.98. The highest BCUT2D eigenvalue weighted by Gasteiger charge is 2.06. The smallest absolute Gasteiger partial charge is 0.243 e. The van der Waals surface area contributed by atoms with Crippen LogP contribution in [-0.2, 0) is 16.0 Å². The zero-order valence-corrected chi connectivity index (χ0v) is 16.1. The molecule has 144 valence electrons. The van der Waals surface area contributed by atoms with Gasteiger partial charge in [-0.2, -0.15) is 0 Å². The van der Waals surface area contributed by atoms with Crippen molar-refractivity contribution in [2.24, 2.45) is 0 Å². The van der Waals surface area contributed by atoms with Crippen molar-refractivity contribution in [1.82, 2.24) is 4.90 Å². The van der Waals surface area contributed by atoms with Gasteiger partial charge in [0.1, 0.15) is 5.75 Å². The molecule has 2 aromatic rings. The summed E-state index contributed by atoms with van der Waals surface area (Å²) < 4.78 is 5.39. The first kappa shape index (κ1) is 20.3. The Morgan fingerprint density at radius 3 is 2.19 bits per heavy atom. The van der Waals surface area contributed by atoms with Crippen LogP contribution in [0.4, 0.5) is 11.4 Å². The Bertz CT molecular complexity index is 740. The van der Waals surface area contributed by atoms with Crippen molar-refractivity contribution >= 4 is 23.2 Å². The van der Waals surface area contributed by atoms with Crippen LogP contribution in [0, 0.1) is 0 Å². The number of rotatable bonds is 9. The maximum Gasteiger partial charge on any atom is 0.243 e. The molecule has 0 unspecified atom stereocenters. The summed E-state index contributed by atoms with van der Waals surface area (Å²) in [5, 5.41) is 5.93. The van der Waals surface area contributed by atoms with Crippen molar-refractivity contribution < 1.29 is 14.3 Å². The maximum absolute atomic E-state index is 12.1. The lowest BCUT2D eigenvalue weighted by atomic mass is 10.1. The second kappa shape index (κ2) is 10.2. The number of amides is 2. The van der Waals surface area contributed by atoms with Crippen LogP contribution < -0.4 is 15.4 Å². The first-order valence-corrected chi connectivity index (χ1v) is 9.03. The third-order valence-electron chi connectivity index (χ3n) is 3.98. The molecular weight excluding hydrogens is 342 g/mol. The topological polar surface area (TPSA) is 70.7 Å². The summed E-state index contributed by atoms with van der Waals surface area (Å²) in [7, 11) is 3.50. The minimum atomic E-state index is -0.126. The first-order chi connectivity index (χ1) is 13.0. The van der Waals surface area contributed by atoms with Crippen LogP contribution in [-0.4, -0.2) is 44.0 Å². The molecule has 0 radical (unpaired) electrons. The number of hydrogen-bond acceptors (Lipinski definition) is 4. The number of nitrogens with zero attached hydrogens (tertiary/aromatic N) is 1. The Balaban J connectivity index is 1.77. The second-order valence-electron chi connectivity index (χ2n) is 6.34. The van der Waals surface area contributed by atoms with Gasteiger partial charge in [-0.05, 0) is 55.3 Å². The van der Waals surface area contributed by atoms with Crippen LogP contribution in [0.5, 0.6) is 5.75 Å². The summed E-state index contributed by atoms with van der Waals surface area (Å²) in [5.74, 6) is 0.784. The van der Waals surface area contributed by atoms with Crippen molar-refractivity contribution in [3.05, 3.63) is 54.1 Å². The molecule has 0 aliphatic carbocycles. The van der Waals surface area contributed by atoms with Gasteiger partial charge in [0, 0.05) is 31.9 Å². The van der Waals surface area contributed by atoms with Crippen molar-refractivity contribution in [2.45, 2.75) is 19.8 Å². The van der Waals surface area contributed by atoms with E-state index in [0.717, 1.165) is 22.7 Å². The van der Waals surface area contributed by atoms with Crippen LogP contribution >= 0.6 is 0 Å². The van der Waals surface area contributed by atoms with Gasteiger partial charge in [-0.25, -0.2) is 0 Å². The van der Waals surface area contributed by atoms with E-state index in [9.17, 15) is 9.59 Å². The average Bonchev–Trinajstić information content (AvgIpc) is 2.67. The van der Waals surface area contributed by atoms with Crippen molar-refractivity contribution in [3.8, 4) is 5.75 Å². The SMILES string of the molecule is CCOc1ccc(NCC(=O)Nc2ccc(CCC(=O)N(C)C)cc2)cc1. The second-order valence-corrected chi connectivity index (χ2v) is 6.34. The van der Waals surface area contributed by atoms with Gasteiger partial charge in [-0.3, -0.25) is 9.59 Å². The van der Waals surface area contributed by atoms with E-state index in [1.165, 1.54) is 0 Å². The summed E-state index contributed by atoms with van der Waals surface area (Å²) in [5.41, 5.74) is 2.65. The van der Waals surface area contributed by atoms with E-state index in [4.69, 9.17) is 4.74 Å². The molecule has 6 heteroatoms.